The maximum atomic E-state index is 13.8. The Hall–Kier alpha value is -4.75. The highest BCUT2D eigenvalue weighted by Crippen LogP contribution is 2.43. The van der Waals surface area contributed by atoms with Crippen LogP contribution in [-0.4, -0.2) is 54.2 Å². The summed E-state index contributed by atoms with van der Waals surface area (Å²) in [5.74, 6) is 1.14. The first-order chi connectivity index (χ1) is 18.2. The first-order valence-corrected chi connectivity index (χ1v) is 12.1. The number of hydrogen-bond donors (Lipinski definition) is 1. The number of hydrogen-bond acceptors (Lipinski definition) is 7. The molecule has 1 aliphatic rings. The van der Waals surface area contributed by atoms with Crippen LogP contribution in [-0.2, 0) is 9.53 Å². The van der Waals surface area contributed by atoms with Gasteiger partial charge in [-0.15, -0.1) is 0 Å². The largest absolute Gasteiger partial charge is 0.494 e. The van der Waals surface area contributed by atoms with E-state index in [-0.39, 0.29) is 28.4 Å². The van der Waals surface area contributed by atoms with Crippen LogP contribution in [0, 0.1) is 6.92 Å². The molecule has 192 valence electrons. The number of anilines is 1. The standard InChI is InChI=1S/C29H27N5O4/c1-17-31-22-11-8-10-18(24(22)32-17)19-13-14-21(25(30-16-35)26(19)37-5)28(36)34(4)23-12-7-6-9-20(23)27-33-29(2,3)15-38-27/h6-14H,15H2,1-5H3,(H,31,32). The Labute approximate surface area is 219 Å². The van der Waals surface area contributed by atoms with E-state index in [9.17, 15) is 9.59 Å². The third-order valence-electron chi connectivity index (χ3n) is 6.41. The van der Waals surface area contributed by atoms with Crippen molar-refractivity contribution < 1.29 is 19.1 Å². The average Bonchev–Trinajstić information content (AvgIpc) is 3.48. The van der Waals surface area contributed by atoms with E-state index in [0.29, 0.717) is 29.3 Å². The van der Waals surface area contributed by atoms with Crippen molar-refractivity contribution in [3.05, 3.63) is 71.5 Å². The Balaban J connectivity index is 1.62. The minimum absolute atomic E-state index is 0.0918. The normalized spacial score (nSPS) is 14.0. The molecular formula is C29H27N5O4. The number of methoxy groups -OCH3 is 1. The SMILES string of the molecule is COc1c(-c2cccc3[nH]c(C)nc23)ccc(C(=O)N(C)c2ccccc2C2=NC(C)(C)CO2)c1N=C=O. The summed E-state index contributed by atoms with van der Waals surface area (Å²) in [5, 5.41) is 0. The van der Waals surface area contributed by atoms with Crippen molar-refractivity contribution in [2.24, 2.45) is 9.98 Å². The summed E-state index contributed by atoms with van der Waals surface area (Å²) in [6.45, 7) is 6.30. The summed E-state index contributed by atoms with van der Waals surface area (Å²) in [6.07, 6.45) is 1.58. The molecule has 4 aromatic rings. The molecule has 0 unspecified atom stereocenters. The molecule has 0 radical (unpaired) electrons. The topological polar surface area (TPSA) is 109 Å². The summed E-state index contributed by atoms with van der Waals surface area (Å²) in [6, 6.07) is 16.5. The third-order valence-corrected chi connectivity index (χ3v) is 6.41. The number of nitrogens with one attached hydrogen (secondary N) is 1. The number of isocyanates is 1. The maximum Gasteiger partial charge on any atom is 0.260 e. The quantitative estimate of drug-likeness (QED) is 0.279. The van der Waals surface area contributed by atoms with Crippen LogP contribution in [0.5, 0.6) is 5.75 Å². The molecule has 9 nitrogen and oxygen atoms in total. The number of amides is 1. The molecule has 9 heteroatoms. The number of aliphatic imine (C=N–C) groups is 2. The number of carbonyl (C=O) groups is 1. The number of carbonyl (C=O) groups excluding carboxylic acids is 2. The number of rotatable bonds is 6. The number of fused-ring (bicyclic) bond motifs is 1. The summed E-state index contributed by atoms with van der Waals surface area (Å²) in [5.41, 5.74) is 4.26. The second kappa shape index (κ2) is 9.61. The first-order valence-electron chi connectivity index (χ1n) is 12.1. The van der Waals surface area contributed by atoms with Gasteiger partial charge in [0.1, 0.15) is 18.1 Å². The number of aromatic nitrogens is 2. The van der Waals surface area contributed by atoms with Crippen molar-refractivity contribution in [1.82, 2.24) is 9.97 Å². The molecule has 0 bridgehead atoms. The number of H-pyrrole nitrogens is 1. The zero-order valence-electron chi connectivity index (χ0n) is 21.8. The molecule has 1 aliphatic heterocycles. The number of benzene rings is 3. The first kappa shape index (κ1) is 24.9. The van der Waals surface area contributed by atoms with Gasteiger partial charge in [-0.2, -0.15) is 4.99 Å². The fourth-order valence-electron chi connectivity index (χ4n) is 4.65. The van der Waals surface area contributed by atoms with Crippen molar-refractivity contribution in [1.29, 1.82) is 0 Å². The molecule has 0 saturated heterocycles. The van der Waals surface area contributed by atoms with E-state index < -0.39 is 0 Å². The fraction of sp³-hybridized carbons (Fsp3) is 0.241. The van der Waals surface area contributed by atoms with Crippen LogP contribution in [0.3, 0.4) is 0 Å². The molecule has 2 heterocycles. The number of nitrogens with zero attached hydrogens (tertiary/aromatic N) is 4. The predicted octanol–water partition coefficient (Wildman–Crippen LogP) is 5.35. The summed E-state index contributed by atoms with van der Waals surface area (Å²) in [7, 11) is 3.13. The van der Waals surface area contributed by atoms with Gasteiger partial charge in [-0.25, -0.2) is 14.8 Å². The van der Waals surface area contributed by atoms with Crippen LogP contribution >= 0.6 is 0 Å². The van der Waals surface area contributed by atoms with Gasteiger partial charge in [-0.05, 0) is 51.1 Å². The Bertz CT molecular complexity index is 1650. The highest BCUT2D eigenvalue weighted by Gasteiger charge is 2.30. The van der Waals surface area contributed by atoms with Gasteiger partial charge in [0.25, 0.3) is 5.91 Å². The molecule has 0 spiro atoms. The smallest absolute Gasteiger partial charge is 0.260 e. The molecule has 1 aromatic heterocycles. The number of aromatic amines is 1. The molecule has 5 rings (SSSR count). The Morgan fingerprint density at radius 2 is 1.87 bits per heavy atom. The molecule has 1 N–H and O–H groups in total. The minimum Gasteiger partial charge on any atom is -0.494 e. The van der Waals surface area contributed by atoms with Gasteiger partial charge in [0.15, 0.2) is 5.75 Å². The van der Waals surface area contributed by atoms with Gasteiger partial charge in [0, 0.05) is 18.2 Å². The van der Waals surface area contributed by atoms with Crippen molar-refractivity contribution >= 4 is 40.3 Å². The predicted molar refractivity (Wildman–Crippen MR) is 146 cm³/mol. The third kappa shape index (κ3) is 4.33. The van der Waals surface area contributed by atoms with Gasteiger partial charge in [0.05, 0.1) is 40.5 Å². The molecule has 38 heavy (non-hydrogen) atoms. The second-order valence-electron chi connectivity index (χ2n) is 9.67. The lowest BCUT2D eigenvalue weighted by Gasteiger charge is -2.22. The lowest BCUT2D eigenvalue weighted by molar-refractivity contribution is 0.0993. The zero-order chi connectivity index (χ0) is 27.0. The lowest BCUT2D eigenvalue weighted by Crippen LogP contribution is -2.28. The molecule has 0 aliphatic carbocycles. The maximum absolute atomic E-state index is 13.8. The van der Waals surface area contributed by atoms with E-state index in [1.807, 2.05) is 63.2 Å². The van der Waals surface area contributed by atoms with Crippen LogP contribution in [0.2, 0.25) is 0 Å². The molecule has 3 aromatic carbocycles. The van der Waals surface area contributed by atoms with Crippen molar-refractivity contribution in [2.45, 2.75) is 26.3 Å². The second-order valence-corrected chi connectivity index (χ2v) is 9.67. The highest BCUT2D eigenvalue weighted by molar-refractivity contribution is 6.14. The Morgan fingerprint density at radius 3 is 2.58 bits per heavy atom. The monoisotopic (exact) mass is 509 g/mol. The lowest BCUT2D eigenvalue weighted by atomic mass is 9.98. The van der Waals surface area contributed by atoms with Gasteiger partial charge >= 0.3 is 0 Å². The number of aryl methyl sites for hydroxylation is 1. The van der Waals surface area contributed by atoms with Crippen LogP contribution < -0.4 is 9.64 Å². The van der Waals surface area contributed by atoms with Crippen LogP contribution in [0.15, 0.2) is 64.6 Å². The molecule has 0 saturated carbocycles. The molecular weight excluding hydrogens is 482 g/mol. The minimum atomic E-state index is -0.386. The van der Waals surface area contributed by atoms with Crippen molar-refractivity contribution in [2.75, 3.05) is 25.7 Å². The Morgan fingerprint density at radius 1 is 1.11 bits per heavy atom. The van der Waals surface area contributed by atoms with Crippen LogP contribution in [0.4, 0.5) is 11.4 Å². The van der Waals surface area contributed by atoms with E-state index in [4.69, 9.17) is 9.47 Å². The summed E-state index contributed by atoms with van der Waals surface area (Å²) < 4.78 is 11.6. The summed E-state index contributed by atoms with van der Waals surface area (Å²) in [4.78, 5) is 43.2. The van der Waals surface area contributed by atoms with E-state index in [2.05, 4.69) is 20.0 Å². The molecule has 1 amide bonds. The summed E-state index contributed by atoms with van der Waals surface area (Å²) >= 11 is 0. The highest BCUT2D eigenvalue weighted by atomic mass is 16.5. The van der Waals surface area contributed by atoms with Crippen LogP contribution in [0.25, 0.3) is 22.2 Å². The van der Waals surface area contributed by atoms with Gasteiger partial charge in [0.2, 0.25) is 12.0 Å². The molecule has 0 atom stereocenters. The Kier molecular flexibility index (Phi) is 6.30. The van der Waals surface area contributed by atoms with E-state index in [0.717, 1.165) is 22.4 Å². The zero-order valence-corrected chi connectivity index (χ0v) is 21.8. The number of ether oxygens (including phenoxy) is 2. The van der Waals surface area contributed by atoms with E-state index in [1.54, 1.807) is 25.3 Å². The van der Waals surface area contributed by atoms with Crippen molar-refractivity contribution in [3.63, 3.8) is 0 Å². The molecule has 0 fully saturated rings. The number of para-hydroxylation sites is 2. The number of imidazole rings is 1. The average molecular weight is 510 g/mol. The van der Waals surface area contributed by atoms with Gasteiger partial charge in [-0.1, -0.05) is 24.3 Å². The fourth-order valence-corrected chi connectivity index (χ4v) is 4.65. The van der Waals surface area contributed by atoms with Gasteiger partial charge in [-0.3, -0.25) is 4.79 Å². The van der Waals surface area contributed by atoms with E-state index in [1.165, 1.54) is 12.0 Å². The van der Waals surface area contributed by atoms with Crippen molar-refractivity contribution in [3.8, 4) is 16.9 Å². The van der Waals surface area contributed by atoms with E-state index >= 15 is 0 Å². The van der Waals surface area contributed by atoms with Gasteiger partial charge < -0.3 is 19.4 Å². The van der Waals surface area contributed by atoms with Crippen LogP contribution in [0.1, 0.15) is 35.6 Å².